The van der Waals surface area contributed by atoms with Crippen LogP contribution in [-0.4, -0.2) is 13.7 Å². The van der Waals surface area contributed by atoms with Crippen molar-refractivity contribution in [2.75, 3.05) is 0 Å². The molecule has 5 heterocycles. The maximum Gasteiger partial charge on any atom is 0.133 e. The molecular weight excluding hydrogens is 719 g/mol. The molecule has 0 fully saturated rings. The summed E-state index contributed by atoms with van der Waals surface area (Å²) in [6.07, 6.45) is 0. The second-order valence-corrected chi connectivity index (χ2v) is 16.0. The Kier molecular flexibility index (Phi) is 5.93. The molecular formula is C55H33N3O. The molecule has 274 valence electrons. The van der Waals surface area contributed by atoms with Gasteiger partial charge in [-0.15, -0.1) is 0 Å². The van der Waals surface area contributed by atoms with Crippen LogP contribution in [0, 0.1) is 0 Å². The summed E-state index contributed by atoms with van der Waals surface area (Å²) in [6.45, 7) is 0. The van der Waals surface area contributed by atoms with Crippen molar-refractivity contribution in [3.8, 4) is 28.6 Å². The summed E-state index contributed by atoms with van der Waals surface area (Å²) in [4.78, 5) is 0. The second kappa shape index (κ2) is 11.2. The first kappa shape index (κ1) is 31.3. The third kappa shape index (κ3) is 3.84. The minimum absolute atomic E-state index is 0.663. The molecule has 1 unspecified atom stereocenters. The fourth-order valence-electron chi connectivity index (χ4n) is 11.0. The highest BCUT2D eigenvalue weighted by molar-refractivity contribution is 6.14. The Morgan fingerprint density at radius 1 is 0.305 bits per heavy atom. The molecule has 0 bridgehead atoms. The van der Waals surface area contributed by atoms with Crippen LogP contribution in [0.2, 0.25) is 0 Å². The molecule has 0 amide bonds. The number of nitrogens with zero attached hydrogens (tertiary/aromatic N) is 3. The van der Waals surface area contributed by atoms with Crippen LogP contribution in [-0.2, 0) is 5.41 Å². The number of benzene rings is 9. The molecule has 9 aromatic carbocycles. The van der Waals surface area contributed by atoms with E-state index in [1.165, 1.54) is 65.8 Å². The molecule has 1 atom stereocenters. The largest absolute Gasteiger partial charge is 0.457 e. The SMILES string of the molecule is c1ccc(-n2c3ccccc3c3ccc(-n4c5ccccc5c5cc6c(cc54)C4(c5ccccc5O6)c5ccccc5-n5c6ccccc6c6cccc4c65)cc32)cc1. The smallest absolute Gasteiger partial charge is 0.133 e. The summed E-state index contributed by atoms with van der Waals surface area (Å²) in [6, 6.07) is 73.5. The summed E-state index contributed by atoms with van der Waals surface area (Å²) < 4.78 is 14.4. The first-order chi connectivity index (χ1) is 29.3. The topological polar surface area (TPSA) is 24.0 Å². The van der Waals surface area contributed by atoms with E-state index in [0.717, 1.165) is 50.4 Å². The molecule has 1 spiro atoms. The molecule has 12 aromatic rings. The predicted octanol–water partition coefficient (Wildman–Crippen LogP) is 13.8. The van der Waals surface area contributed by atoms with Crippen LogP contribution in [0.15, 0.2) is 200 Å². The van der Waals surface area contributed by atoms with Gasteiger partial charge < -0.3 is 18.4 Å². The van der Waals surface area contributed by atoms with Crippen molar-refractivity contribution >= 4 is 65.4 Å². The minimum Gasteiger partial charge on any atom is -0.457 e. The van der Waals surface area contributed by atoms with Crippen LogP contribution in [0.5, 0.6) is 11.5 Å². The number of fused-ring (bicyclic) bond motifs is 17. The zero-order valence-electron chi connectivity index (χ0n) is 31.8. The quantitative estimate of drug-likeness (QED) is 0.173. The summed E-state index contributed by atoms with van der Waals surface area (Å²) in [5.41, 5.74) is 14.7. The molecule has 59 heavy (non-hydrogen) atoms. The number of aromatic nitrogens is 3. The first-order valence-electron chi connectivity index (χ1n) is 20.4. The Balaban J connectivity index is 1.13. The molecule has 3 aromatic heterocycles. The van der Waals surface area contributed by atoms with E-state index in [2.05, 4.69) is 214 Å². The third-order valence-corrected chi connectivity index (χ3v) is 13.3. The number of rotatable bonds is 2. The van der Waals surface area contributed by atoms with E-state index >= 15 is 0 Å². The molecule has 14 rings (SSSR count). The summed E-state index contributed by atoms with van der Waals surface area (Å²) >= 11 is 0. The fourth-order valence-corrected chi connectivity index (χ4v) is 11.0. The van der Waals surface area contributed by atoms with Gasteiger partial charge in [-0.25, -0.2) is 0 Å². The van der Waals surface area contributed by atoms with Crippen LogP contribution in [0.1, 0.15) is 22.3 Å². The Morgan fingerprint density at radius 3 is 1.66 bits per heavy atom. The van der Waals surface area contributed by atoms with Crippen molar-refractivity contribution in [1.29, 1.82) is 0 Å². The van der Waals surface area contributed by atoms with Crippen LogP contribution in [0.3, 0.4) is 0 Å². The monoisotopic (exact) mass is 751 g/mol. The van der Waals surface area contributed by atoms with Gasteiger partial charge in [0.1, 0.15) is 11.5 Å². The van der Waals surface area contributed by atoms with Gasteiger partial charge in [0, 0.05) is 54.8 Å². The highest BCUT2D eigenvalue weighted by Gasteiger charge is 2.50. The van der Waals surface area contributed by atoms with Crippen molar-refractivity contribution in [3.63, 3.8) is 0 Å². The van der Waals surface area contributed by atoms with Crippen molar-refractivity contribution in [2.45, 2.75) is 5.41 Å². The highest BCUT2D eigenvalue weighted by Crippen LogP contribution is 2.61. The zero-order chi connectivity index (χ0) is 38.4. The van der Waals surface area contributed by atoms with Gasteiger partial charge in [0.2, 0.25) is 0 Å². The summed E-state index contributed by atoms with van der Waals surface area (Å²) in [5.74, 6) is 1.77. The lowest BCUT2D eigenvalue weighted by molar-refractivity contribution is 0.435. The third-order valence-electron chi connectivity index (χ3n) is 13.3. The molecule has 0 saturated carbocycles. The average molecular weight is 752 g/mol. The van der Waals surface area contributed by atoms with Gasteiger partial charge in [-0.2, -0.15) is 0 Å². The van der Waals surface area contributed by atoms with Crippen LogP contribution in [0.4, 0.5) is 0 Å². The van der Waals surface area contributed by atoms with Crippen molar-refractivity contribution in [1.82, 2.24) is 13.7 Å². The lowest BCUT2D eigenvalue weighted by Gasteiger charge is -2.45. The molecule has 2 aliphatic heterocycles. The van der Waals surface area contributed by atoms with E-state index in [-0.39, 0.29) is 0 Å². The van der Waals surface area contributed by atoms with Crippen molar-refractivity contribution in [3.05, 3.63) is 222 Å². The predicted molar refractivity (Wildman–Crippen MR) is 241 cm³/mol. The lowest BCUT2D eigenvalue weighted by atomic mass is 9.61. The van der Waals surface area contributed by atoms with Gasteiger partial charge in [-0.05, 0) is 77.9 Å². The maximum absolute atomic E-state index is 7.07. The van der Waals surface area contributed by atoms with Gasteiger partial charge in [0.05, 0.1) is 44.2 Å². The van der Waals surface area contributed by atoms with E-state index < -0.39 is 5.41 Å². The van der Waals surface area contributed by atoms with Gasteiger partial charge in [-0.3, -0.25) is 0 Å². The van der Waals surface area contributed by atoms with E-state index in [9.17, 15) is 0 Å². The van der Waals surface area contributed by atoms with Crippen LogP contribution < -0.4 is 4.74 Å². The van der Waals surface area contributed by atoms with Gasteiger partial charge in [-0.1, -0.05) is 133 Å². The molecule has 4 nitrogen and oxygen atoms in total. The van der Waals surface area contributed by atoms with Crippen molar-refractivity contribution in [2.24, 2.45) is 0 Å². The maximum atomic E-state index is 7.07. The number of hydrogen-bond donors (Lipinski definition) is 0. The average Bonchev–Trinajstić information content (AvgIpc) is 3.93. The fraction of sp³-hybridized carbons (Fsp3) is 0.0182. The van der Waals surface area contributed by atoms with Gasteiger partial charge in [0.15, 0.2) is 0 Å². The van der Waals surface area contributed by atoms with Crippen molar-refractivity contribution < 1.29 is 4.74 Å². The Morgan fingerprint density at radius 2 is 0.864 bits per heavy atom. The normalized spacial score (nSPS) is 15.3. The molecule has 0 aliphatic carbocycles. The minimum atomic E-state index is -0.663. The highest BCUT2D eigenvalue weighted by atomic mass is 16.5. The molecule has 0 N–H and O–H groups in total. The number of para-hydroxylation sites is 7. The van der Waals surface area contributed by atoms with Gasteiger partial charge >= 0.3 is 0 Å². The Labute approximate surface area is 339 Å². The summed E-state index contributed by atoms with van der Waals surface area (Å²) in [7, 11) is 0. The standard InChI is InChI=1S/C55H33N3O/c1-2-15-34(16-3-1)56-46-24-9-4-17-36(46)39-30-29-35(31-50(39)56)57-47-25-10-6-19-38(47)41-32-53-45(33-51(41)57)55(43-22-8-13-28-52(43)59-53)42-21-7-12-27-49(42)58-48-26-11-5-18-37(48)40-20-14-23-44(55)54(40)58/h1-33H. The molecule has 0 radical (unpaired) electrons. The van der Waals surface area contributed by atoms with E-state index in [0.29, 0.717) is 0 Å². The Bertz CT molecular complexity index is 3770. The number of hydrogen-bond acceptors (Lipinski definition) is 1. The summed E-state index contributed by atoms with van der Waals surface area (Å²) in [5, 5.41) is 7.35. The molecule has 0 saturated heterocycles. The van der Waals surface area contributed by atoms with E-state index in [1.807, 2.05) is 0 Å². The Hall–Kier alpha value is -7.82. The van der Waals surface area contributed by atoms with E-state index in [4.69, 9.17) is 4.74 Å². The zero-order valence-corrected chi connectivity index (χ0v) is 31.8. The van der Waals surface area contributed by atoms with Crippen LogP contribution >= 0.6 is 0 Å². The van der Waals surface area contributed by atoms with Gasteiger partial charge in [0.25, 0.3) is 0 Å². The van der Waals surface area contributed by atoms with E-state index in [1.54, 1.807) is 0 Å². The first-order valence-corrected chi connectivity index (χ1v) is 20.4. The van der Waals surface area contributed by atoms with Crippen LogP contribution in [0.25, 0.3) is 82.5 Å². The lowest BCUT2D eigenvalue weighted by Crippen LogP contribution is -2.37. The second-order valence-electron chi connectivity index (χ2n) is 16.0. The molecule has 2 aliphatic rings. The molecule has 4 heteroatoms. The number of ether oxygens (including phenoxy) is 1.